The Morgan fingerprint density at radius 1 is 1.27 bits per heavy atom. The largest absolute Gasteiger partial charge is 0.443 e. The summed E-state index contributed by atoms with van der Waals surface area (Å²) in [6, 6.07) is 0. The van der Waals surface area contributed by atoms with Crippen molar-refractivity contribution in [3.63, 3.8) is 0 Å². The van der Waals surface area contributed by atoms with E-state index in [4.69, 9.17) is 0 Å². The molecule has 2 N–H and O–H groups in total. The van der Waals surface area contributed by atoms with Gasteiger partial charge in [-0.25, -0.2) is 15.0 Å². The summed E-state index contributed by atoms with van der Waals surface area (Å²) in [5.41, 5.74) is 1.23. The van der Waals surface area contributed by atoms with Gasteiger partial charge in [0.15, 0.2) is 10.7 Å². The number of hydrogen-bond acceptors (Lipinski definition) is 7. The monoisotopic (exact) mass is 479 g/mol. The van der Waals surface area contributed by atoms with Gasteiger partial charge in [0.2, 0.25) is 5.91 Å². The summed E-state index contributed by atoms with van der Waals surface area (Å²) >= 11 is 0.507. The maximum absolute atomic E-state index is 12.9. The van der Waals surface area contributed by atoms with Crippen LogP contribution in [0.15, 0.2) is 25.0 Å². The van der Waals surface area contributed by atoms with Crippen LogP contribution in [0.3, 0.4) is 0 Å². The number of rotatable bonds is 5. The molecule has 33 heavy (non-hydrogen) atoms. The normalized spacial score (nSPS) is 14.5. The minimum Gasteiger partial charge on any atom is -0.352 e. The average Bonchev–Trinajstić information content (AvgIpc) is 3.40. The van der Waals surface area contributed by atoms with Crippen LogP contribution in [-0.4, -0.2) is 62.8 Å². The Morgan fingerprint density at radius 3 is 2.64 bits per heavy atom. The molecule has 0 aliphatic carbocycles. The zero-order chi connectivity index (χ0) is 23.8. The molecule has 1 aliphatic heterocycles. The first-order valence-electron chi connectivity index (χ1n) is 9.99. The van der Waals surface area contributed by atoms with Crippen molar-refractivity contribution in [2.45, 2.75) is 19.6 Å². The molecule has 0 spiro atoms. The molecule has 3 aromatic heterocycles. The first-order valence-corrected chi connectivity index (χ1v) is 10.8. The third-order valence-electron chi connectivity index (χ3n) is 5.25. The zero-order valence-corrected chi connectivity index (χ0v) is 18.4. The average molecular weight is 479 g/mol. The molecular formula is C20H20F3N7O2S. The Morgan fingerprint density at radius 2 is 2.00 bits per heavy atom. The molecule has 1 fully saturated rings. The molecule has 174 valence electrons. The summed E-state index contributed by atoms with van der Waals surface area (Å²) < 4.78 is 38.6. The van der Waals surface area contributed by atoms with Crippen LogP contribution in [-0.2, 0) is 17.5 Å². The first-order chi connectivity index (χ1) is 15.7. The molecule has 0 bridgehead atoms. The van der Waals surface area contributed by atoms with Crippen LogP contribution in [0.1, 0.15) is 25.9 Å². The van der Waals surface area contributed by atoms with Gasteiger partial charge in [0, 0.05) is 37.3 Å². The van der Waals surface area contributed by atoms with E-state index in [1.54, 1.807) is 11.1 Å². The van der Waals surface area contributed by atoms with E-state index in [0.717, 1.165) is 0 Å². The standard InChI is InChI=1S/C20H20F3N7O2S/c1-3-15(31)30-6-4-29(5-7-30)14-10-25-17-16(28-14)12(8-24-17)18(32)26-9-13-11(2)27-19(33-13)20(21,22)23/h3,8,10H,1,4-7,9H2,2H3,(H,24,25)(H,26,32). The highest BCUT2D eigenvalue weighted by Crippen LogP contribution is 2.34. The quantitative estimate of drug-likeness (QED) is 0.545. The van der Waals surface area contributed by atoms with Crippen molar-refractivity contribution in [2.24, 2.45) is 0 Å². The summed E-state index contributed by atoms with van der Waals surface area (Å²) in [5.74, 6) is -0.0512. The Bertz CT molecular complexity index is 1210. The Hall–Kier alpha value is -3.48. The summed E-state index contributed by atoms with van der Waals surface area (Å²) in [7, 11) is 0. The molecule has 9 nitrogen and oxygen atoms in total. The van der Waals surface area contributed by atoms with Crippen LogP contribution in [0.5, 0.6) is 0 Å². The van der Waals surface area contributed by atoms with Crippen molar-refractivity contribution >= 4 is 40.1 Å². The molecule has 1 aliphatic rings. The van der Waals surface area contributed by atoms with E-state index in [9.17, 15) is 22.8 Å². The number of alkyl halides is 3. The number of anilines is 1. The predicted octanol–water partition coefficient (Wildman–Crippen LogP) is 2.51. The molecule has 0 saturated carbocycles. The lowest BCUT2D eigenvalue weighted by atomic mass is 10.2. The van der Waals surface area contributed by atoms with Crippen molar-refractivity contribution in [3.05, 3.63) is 46.2 Å². The Labute approximate surface area is 190 Å². The van der Waals surface area contributed by atoms with Crippen LogP contribution in [0.2, 0.25) is 0 Å². The molecule has 0 atom stereocenters. The van der Waals surface area contributed by atoms with Gasteiger partial charge in [-0.3, -0.25) is 9.59 Å². The highest BCUT2D eigenvalue weighted by atomic mass is 32.1. The molecule has 0 aromatic carbocycles. The van der Waals surface area contributed by atoms with E-state index < -0.39 is 17.1 Å². The Balaban J connectivity index is 1.47. The minimum absolute atomic E-state index is 0.0858. The highest BCUT2D eigenvalue weighted by molar-refractivity contribution is 7.11. The fraction of sp³-hybridized carbons (Fsp3) is 0.350. The van der Waals surface area contributed by atoms with Gasteiger partial charge in [-0.05, 0) is 13.0 Å². The van der Waals surface area contributed by atoms with Crippen molar-refractivity contribution < 1.29 is 22.8 Å². The summed E-state index contributed by atoms with van der Waals surface area (Å²) in [6.07, 6.45) is -0.190. The summed E-state index contributed by atoms with van der Waals surface area (Å²) in [4.78, 5) is 43.8. The number of nitrogens with one attached hydrogen (secondary N) is 2. The fourth-order valence-electron chi connectivity index (χ4n) is 3.46. The number of fused-ring (bicyclic) bond motifs is 1. The summed E-state index contributed by atoms with van der Waals surface area (Å²) in [5, 5.41) is 1.69. The van der Waals surface area contributed by atoms with Crippen molar-refractivity contribution in [1.82, 2.24) is 30.2 Å². The van der Waals surface area contributed by atoms with Gasteiger partial charge in [0.25, 0.3) is 5.91 Å². The molecule has 0 unspecified atom stereocenters. The van der Waals surface area contributed by atoms with Crippen LogP contribution >= 0.6 is 11.3 Å². The van der Waals surface area contributed by atoms with E-state index in [0.29, 0.717) is 59.4 Å². The molecule has 0 radical (unpaired) electrons. The van der Waals surface area contributed by atoms with Gasteiger partial charge in [0.05, 0.1) is 24.0 Å². The van der Waals surface area contributed by atoms with Crippen LogP contribution in [0.4, 0.5) is 19.0 Å². The lowest BCUT2D eigenvalue weighted by Gasteiger charge is -2.34. The number of carbonyl (C=O) groups is 2. The fourth-order valence-corrected chi connectivity index (χ4v) is 4.33. The van der Waals surface area contributed by atoms with Gasteiger partial charge in [-0.2, -0.15) is 13.2 Å². The van der Waals surface area contributed by atoms with Gasteiger partial charge in [-0.1, -0.05) is 6.58 Å². The second kappa shape index (κ2) is 8.81. The zero-order valence-electron chi connectivity index (χ0n) is 17.6. The second-order valence-electron chi connectivity index (χ2n) is 7.35. The number of nitrogens with zero attached hydrogens (tertiary/aromatic N) is 5. The SMILES string of the molecule is C=CC(=O)N1CCN(c2cnc3[nH]cc(C(=O)NCc4sc(C(F)(F)F)nc4C)c3n2)CC1. The molecule has 3 aromatic rings. The van der Waals surface area contributed by atoms with E-state index in [2.05, 4.69) is 31.8 Å². The number of amides is 2. The third kappa shape index (κ3) is 4.67. The maximum Gasteiger partial charge on any atom is 0.443 e. The lowest BCUT2D eigenvalue weighted by Crippen LogP contribution is -2.48. The minimum atomic E-state index is -4.52. The molecule has 13 heteroatoms. The van der Waals surface area contributed by atoms with E-state index in [1.165, 1.54) is 19.2 Å². The molecule has 4 heterocycles. The molecule has 1 saturated heterocycles. The number of piperazine rings is 1. The number of halogens is 3. The van der Waals surface area contributed by atoms with Gasteiger partial charge < -0.3 is 20.1 Å². The number of H-pyrrole nitrogens is 1. The molecule has 2 amide bonds. The van der Waals surface area contributed by atoms with E-state index in [-0.39, 0.29) is 23.7 Å². The number of aromatic amines is 1. The van der Waals surface area contributed by atoms with Crippen LogP contribution < -0.4 is 10.2 Å². The van der Waals surface area contributed by atoms with Gasteiger partial charge >= 0.3 is 6.18 Å². The lowest BCUT2D eigenvalue weighted by molar-refractivity contribution is -0.137. The number of thiazole rings is 1. The second-order valence-corrected chi connectivity index (χ2v) is 8.44. The van der Waals surface area contributed by atoms with Gasteiger partial charge in [0.1, 0.15) is 11.3 Å². The third-order valence-corrected chi connectivity index (χ3v) is 6.45. The Kier molecular flexibility index (Phi) is 6.06. The van der Waals surface area contributed by atoms with Crippen LogP contribution in [0.25, 0.3) is 11.2 Å². The maximum atomic E-state index is 12.9. The number of aryl methyl sites for hydroxylation is 1. The molecular weight excluding hydrogens is 459 g/mol. The van der Waals surface area contributed by atoms with Crippen molar-refractivity contribution in [3.8, 4) is 0 Å². The van der Waals surface area contributed by atoms with E-state index >= 15 is 0 Å². The first kappa shape index (κ1) is 22.7. The van der Waals surface area contributed by atoms with Gasteiger partial charge in [-0.15, -0.1) is 11.3 Å². The number of hydrogen-bond donors (Lipinski definition) is 2. The van der Waals surface area contributed by atoms with E-state index in [1.807, 2.05) is 4.90 Å². The van der Waals surface area contributed by atoms with Crippen molar-refractivity contribution in [2.75, 3.05) is 31.1 Å². The number of carbonyl (C=O) groups excluding carboxylic acids is 2. The van der Waals surface area contributed by atoms with Crippen molar-refractivity contribution in [1.29, 1.82) is 0 Å². The predicted molar refractivity (Wildman–Crippen MR) is 116 cm³/mol. The highest BCUT2D eigenvalue weighted by Gasteiger charge is 2.35. The number of aromatic nitrogens is 4. The topological polar surface area (TPSA) is 107 Å². The smallest absolute Gasteiger partial charge is 0.352 e. The summed E-state index contributed by atoms with van der Waals surface area (Å²) in [6.45, 7) is 7.02. The molecule has 4 rings (SSSR count). The van der Waals surface area contributed by atoms with Crippen LogP contribution in [0, 0.1) is 6.92 Å².